The first kappa shape index (κ1) is 14.5. The molecule has 0 saturated carbocycles. The summed E-state index contributed by atoms with van der Waals surface area (Å²) in [6.07, 6.45) is 1.16. The second-order valence-corrected chi connectivity index (χ2v) is 7.25. The zero-order chi connectivity index (χ0) is 15.1. The lowest BCUT2D eigenvalue weighted by molar-refractivity contribution is -0.141. The molecule has 0 spiro atoms. The van der Waals surface area contributed by atoms with Crippen LogP contribution in [0, 0.1) is 0 Å². The van der Waals surface area contributed by atoms with Crippen molar-refractivity contribution in [2.75, 3.05) is 6.26 Å². The Morgan fingerprint density at radius 1 is 1.35 bits per heavy atom. The predicted molar refractivity (Wildman–Crippen MR) is 71.1 cm³/mol. The Morgan fingerprint density at radius 2 is 1.90 bits per heavy atom. The molecule has 1 aliphatic rings. The van der Waals surface area contributed by atoms with Crippen molar-refractivity contribution in [3.63, 3.8) is 0 Å². The highest BCUT2D eigenvalue weighted by molar-refractivity contribution is 7.90. The summed E-state index contributed by atoms with van der Waals surface area (Å²) in [5, 5.41) is 11.6. The van der Waals surface area contributed by atoms with Crippen LogP contribution in [0.3, 0.4) is 0 Å². The maximum absolute atomic E-state index is 11.5. The maximum Gasteiger partial charge on any atom is 0.327 e. The van der Waals surface area contributed by atoms with Gasteiger partial charge in [0.15, 0.2) is 9.84 Å². The summed E-state index contributed by atoms with van der Waals surface area (Å²) < 4.78 is 22.8. The lowest BCUT2D eigenvalue weighted by atomic mass is 9.76. The molecule has 1 aliphatic heterocycles. The number of carboxylic acid groups (broad SMARTS) is 1. The van der Waals surface area contributed by atoms with Crippen LogP contribution in [0.15, 0.2) is 29.2 Å². The van der Waals surface area contributed by atoms with Crippen LogP contribution >= 0.6 is 0 Å². The molecule has 1 aromatic carbocycles. The zero-order valence-corrected chi connectivity index (χ0v) is 11.9. The minimum atomic E-state index is -3.30. The van der Waals surface area contributed by atoms with Crippen LogP contribution in [0.2, 0.25) is 0 Å². The van der Waals surface area contributed by atoms with E-state index >= 15 is 0 Å². The van der Waals surface area contributed by atoms with Crippen LogP contribution in [-0.4, -0.2) is 37.7 Å². The Balaban J connectivity index is 2.44. The molecule has 1 aromatic rings. The number of aliphatic carboxylic acids is 1. The molecular weight excluding hydrogens is 282 g/mol. The second kappa shape index (κ2) is 4.59. The Labute approximate surface area is 116 Å². The van der Waals surface area contributed by atoms with Crippen LogP contribution < -0.4 is 5.32 Å². The molecule has 20 heavy (non-hydrogen) atoms. The standard InChI is InChI=1S/C13H15NO5S/c1-13(7-10(15)14-11(13)12(16)17)8-3-5-9(6-4-8)20(2,18)19/h3-6,11H,7H2,1-2H3,(H,14,15)(H,16,17). The van der Waals surface area contributed by atoms with Crippen LogP contribution in [0.4, 0.5) is 0 Å². The minimum absolute atomic E-state index is 0.0577. The molecule has 108 valence electrons. The van der Waals surface area contributed by atoms with E-state index in [0.29, 0.717) is 5.56 Å². The normalized spacial score (nSPS) is 26.3. The molecule has 6 nitrogen and oxygen atoms in total. The van der Waals surface area contributed by atoms with Crippen molar-refractivity contribution in [2.24, 2.45) is 0 Å². The third kappa shape index (κ3) is 2.40. The summed E-state index contributed by atoms with van der Waals surface area (Å²) in [4.78, 5) is 22.9. The monoisotopic (exact) mass is 297 g/mol. The van der Waals surface area contributed by atoms with E-state index in [9.17, 15) is 23.1 Å². The zero-order valence-electron chi connectivity index (χ0n) is 11.1. The Bertz CT molecular complexity index is 665. The van der Waals surface area contributed by atoms with E-state index in [1.54, 1.807) is 19.1 Å². The lowest BCUT2D eigenvalue weighted by Gasteiger charge is -2.27. The molecule has 2 atom stereocenters. The van der Waals surface area contributed by atoms with E-state index in [0.717, 1.165) is 6.26 Å². The topological polar surface area (TPSA) is 101 Å². The number of hydrogen-bond acceptors (Lipinski definition) is 4. The molecule has 1 heterocycles. The highest BCUT2D eigenvalue weighted by Gasteiger charge is 2.48. The highest BCUT2D eigenvalue weighted by Crippen LogP contribution is 2.36. The second-order valence-electron chi connectivity index (χ2n) is 5.23. The van der Waals surface area contributed by atoms with Crippen LogP contribution in [0.1, 0.15) is 18.9 Å². The third-order valence-corrected chi connectivity index (χ3v) is 4.79. The number of amides is 1. The molecule has 0 aliphatic carbocycles. The van der Waals surface area contributed by atoms with Gasteiger partial charge in [-0.15, -0.1) is 0 Å². The van der Waals surface area contributed by atoms with Gasteiger partial charge in [0.1, 0.15) is 6.04 Å². The van der Waals surface area contributed by atoms with Gasteiger partial charge in [0, 0.05) is 18.1 Å². The summed E-state index contributed by atoms with van der Waals surface area (Å²) in [6, 6.07) is 4.97. The third-order valence-electron chi connectivity index (χ3n) is 3.66. The molecule has 1 fully saturated rings. The van der Waals surface area contributed by atoms with Crippen LogP contribution in [-0.2, 0) is 24.8 Å². The van der Waals surface area contributed by atoms with E-state index in [-0.39, 0.29) is 17.2 Å². The molecule has 2 N–H and O–H groups in total. The first-order valence-electron chi connectivity index (χ1n) is 5.97. The molecule has 1 saturated heterocycles. The number of carbonyl (C=O) groups excluding carboxylic acids is 1. The van der Waals surface area contributed by atoms with Crippen molar-refractivity contribution in [3.05, 3.63) is 29.8 Å². The van der Waals surface area contributed by atoms with E-state index in [1.165, 1.54) is 12.1 Å². The average Bonchev–Trinajstić information content (AvgIpc) is 2.65. The van der Waals surface area contributed by atoms with Gasteiger partial charge in [0.25, 0.3) is 0 Å². The van der Waals surface area contributed by atoms with Crippen LogP contribution in [0.25, 0.3) is 0 Å². The summed E-state index contributed by atoms with van der Waals surface area (Å²) in [5.74, 6) is -1.43. The number of hydrogen-bond donors (Lipinski definition) is 2. The fourth-order valence-electron chi connectivity index (χ4n) is 2.49. The first-order chi connectivity index (χ1) is 9.14. The number of sulfone groups is 1. The van der Waals surface area contributed by atoms with Gasteiger partial charge in [-0.3, -0.25) is 4.79 Å². The Hall–Kier alpha value is -1.89. The van der Waals surface area contributed by atoms with Gasteiger partial charge in [-0.05, 0) is 17.7 Å². The number of benzene rings is 1. The highest BCUT2D eigenvalue weighted by atomic mass is 32.2. The van der Waals surface area contributed by atoms with Crippen LogP contribution in [0.5, 0.6) is 0 Å². The van der Waals surface area contributed by atoms with E-state index in [2.05, 4.69) is 5.32 Å². The number of carboxylic acids is 1. The van der Waals surface area contributed by atoms with Gasteiger partial charge in [-0.1, -0.05) is 19.1 Å². The lowest BCUT2D eigenvalue weighted by Crippen LogP contribution is -2.44. The van der Waals surface area contributed by atoms with Gasteiger partial charge in [0.2, 0.25) is 5.91 Å². The minimum Gasteiger partial charge on any atom is -0.480 e. The van der Waals surface area contributed by atoms with E-state index in [1.807, 2.05) is 0 Å². The van der Waals surface area contributed by atoms with Gasteiger partial charge in [-0.25, -0.2) is 13.2 Å². The maximum atomic E-state index is 11.5. The Morgan fingerprint density at radius 3 is 2.35 bits per heavy atom. The van der Waals surface area contributed by atoms with Crippen molar-refractivity contribution in [1.29, 1.82) is 0 Å². The van der Waals surface area contributed by atoms with E-state index in [4.69, 9.17) is 0 Å². The summed E-state index contributed by atoms with van der Waals surface area (Å²) in [5.41, 5.74) is -0.269. The molecule has 2 unspecified atom stereocenters. The smallest absolute Gasteiger partial charge is 0.327 e. The van der Waals surface area contributed by atoms with Crippen molar-refractivity contribution >= 4 is 21.7 Å². The molecule has 0 aromatic heterocycles. The van der Waals surface area contributed by atoms with E-state index < -0.39 is 27.3 Å². The van der Waals surface area contributed by atoms with Crippen molar-refractivity contribution in [3.8, 4) is 0 Å². The fourth-order valence-corrected chi connectivity index (χ4v) is 3.12. The Kier molecular flexibility index (Phi) is 3.33. The molecule has 0 radical (unpaired) electrons. The van der Waals surface area contributed by atoms with Crippen molar-refractivity contribution < 1.29 is 23.1 Å². The SMILES string of the molecule is CC1(c2ccc(S(C)(=O)=O)cc2)CC(=O)NC1C(=O)O. The molecule has 0 bridgehead atoms. The number of rotatable bonds is 3. The van der Waals surface area contributed by atoms with Crippen molar-refractivity contribution in [2.45, 2.75) is 29.7 Å². The number of nitrogens with one attached hydrogen (secondary N) is 1. The summed E-state index contributed by atoms with van der Waals surface area (Å²) in [7, 11) is -3.30. The molecule has 1 amide bonds. The van der Waals surface area contributed by atoms with Gasteiger partial charge in [0.05, 0.1) is 4.90 Å². The molecular formula is C13H15NO5S. The number of carbonyl (C=O) groups is 2. The van der Waals surface area contributed by atoms with Gasteiger partial charge in [-0.2, -0.15) is 0 Å². The van der Waals surface area contributed by atoms with Crippen molar-refractivity contribution in [1.82, 2.24) is 5.32 Å². The first-order valence-corrected chi connectivity index (χ1v) is 7.86. The predicted octanol–water partition coefficient (Wildman–Crippen LogP) is 0.321. The quantitative estimate of drug-likeness (QED) is 0.837. The molecule has 2 rings (SSSR count). The fraction of sp³-hybridized carbons (Fsp3) is 0.385. The van der Waals surface area contributed by atoms with Gasteiger partial charge < -0.3 is 10.4 Å². The van der Waals surface area contributed by atoms with Gasteiger partial charge >= 0.3 is 5.97 Å². The summed E-state index contributed by atoms with van der Waals surface area (Å²) in [6.45, 7) is 1.68. The molecule has 7 heteroatoms. The average molecular weight is 297 g/mol. The summed E-state index contributed by atoms with van der Waals surface area (Å²) >= 11 is 0. The largest absolute Gasteiger partial charge is 0.480 e.